The summed E-state index contributed by atoms with van der Waals surface area (Å²) >= 11 is 0. The quantitative estimate of drug-likeness (QED) is 0.550. The standard InChI is InChI=1S/C19H18F2N8/c1-11-25-19-15(21)6-12(9-29(19)27-11)26-18-17-14(20)7-13(8-16(17)23-10-24-18)28-4-2-22-3-5-28/h6-10,22H,2-5H2,1H3,(H,23,24,26). The van der Waals surface area contributed by atoms with E-state index in [0.29, 0.717) is 17.0 Å². The summed E-state index contributed by atoms with van der Waals surface area (Å²) in [6.45, 7) is 5.00. The number of aromatic nitrogens is 5. The molecular formula is C19H18F2N8. The van der Waals surface area contributed by atoms with Crippen LogP contribution in [0.15, 0.2) is 30.7 Å². The van der Waals surface area contributed by atoms with Gasteiger partial charge in [-0.3, -0.25) is 0 Å². The molecule has 1 aliphatic rings. The number of hydrogen-bond donors (Lipinski definition) is 2. The largest absolute Gasteiger partial charge is 0.369 e. The van der Waals surface area contributed by atoms with Crippen LogP contribution in [0.4, 0.5) is 26.0 Å². The zero-order chi connectivity index (χ0) is 20.0. The Hall–Kier alpha value is -3.40. The molecule has 3 aromatic heterocycles. The fraction of sp³-hybridized carbons (Fsp3) is 0.263. The van der Waals surface area contributed by atoms with E-state index in [1.807, 2.05) is 6.07 Å². The number of pyridine rings is 1. The molecule has 0 unspecified atom stereocenters. The number of aryl methyl sites for hydroxylation is 1. The third-order valence-corrected chi connectivity index (χ3v) is 4.91. The molecule has 4 heterocycles. The molecular weight excluding hydrogens is 378 g/mol. The zero-order valence-electron chi connectivity index (χ0n) is 15.7. The molecule has 4 aromatic rings. The van der Waals surface area contributed by atoms with Crippen LogP contribution in [0.25, 0.3) is 16.6 Å². The number of nitrogens with zero attached hydrogens (tertiary/aromatic N) is 6. The third-order valence-electron chi connectivity index (χ3n) is 4.91. The first kappa shape index (κ1) is 17.7. The third kappa shape index (κ3) is 3.21. The maximum Gasteiger partial charge on any atom is 0.191 e. The van der Waals surface area contributed by atoms with Crippen LogP contribution in [-0.2, 0) is 0 Å². The van der Waals surface area contributed by atoms with Gasteiger partial charge in [-0.1, -0.05) is 0 Å². The van der Waals surface area contributed by atoms with Crippen LogP contribution in [0.1, 0.15) is 5.82 Å². The predicted octanol–water partition coefficient (Wildman–Crippen LogP) is 2.41. The van der Waals surface area contributed by atoms with E-state index in [0.717, 1.165) is 31.9 Å². The van der Waals surface area contributed by atoms with E-state index in [1.165, 1.54) is 23.0 Å². The van der Waals surface area contributed by atoms with Crippen LogP contribution in [0.2, 0.25) is 0 Å². The summed E-state index contributed by atoms with van der Waals surface area (Å²) < 4.78 is 30.7. The van der Waals surface area contributed by atoms with Crippen molar-refractivity contribution in [1.82, 2.24) is 29.9 Å². The van der Waals surface area contributed by atoms with Crippen molar-refractivity contribution in [3.63, 3.8) is 0 Å². The van der Waals surface area contributed by atoms with E-state index in [4.69, 9.17) is 0 Å². The molecule has 1 fully saturated rings. The number of anilines is 3. The molecule has 0 spiro atoms. The van der Waals surface area contributed by atoms with Crippen molar-refractivity contribution in [1.29, 1.82) is 0 Å². The summed E-state index contributed by atoms with van der Waals surface area (Å²) in [7, 11) is 0. The second-order valence-electron chi connectivity index (χ2n) is 6.91. The van der Waals surface area contributed by atoms with E-state index in [-0.39, 0.29) is 16.9 Å². The molecule has 8 nitrogen and oxygen atoms in total. The van der Waals surface area contributed by atoms with E-state index in [2.05, 4.69) is 35.6 Å². The number of fused-ring (bicyclic) bond motifs is 2. The van der Waals surface area contributed by atoms with Gasteiger partial charge in [-0.15, -0.1) is 0 Å². The highest BCUT2D eigenvalue weighted by Crippen LogP contribution is 2.30. The first-order valence-corrected chi connectivity index (χ1v) is 9.28. The molecule has 10 heteroatoms. The van der Waals surface area contributed by atoms with E-state index >= 15 is 4.39 Å². The van der Waals surface area contributed by atoms with Gasteiger partial charge in [0.05, 0.1) is 22.8 Å². The van der Waals surface area contributed by atoms with Crippen molar-refractivity contribution >= 4 is 33.7 Å². The van der Waals surface area contributed by atoms with Gasteiger partial charge in [0.2, 0.25) is 0 Å². The SMILES string of the molecule is Cc1nc2c(F)cc(Nc3ncnc4cc(N5CCNCC5)cc(F)c34)cn2n1. The van der Waals surface area contributed by atoms with Gasteiger partial charge >= 0.3 is 0 Å². The smallest absolute Gasteiger partial charge is 0.191 e. The van der Waals surface area contributed by atoms with E-state index < -0.39 is 11.6 Å². The second kappa shape index (κ2) is 6.89. The lowest BCUT2D eigenvalue weighted by Crippen LogP contribution is -2.43. The predicted molar refractivity (Wildman–Crippen MR) is 106 cm³/mol. The Kier molecular flexibility index (Phi) is 4.20. The maximum atomic E-state index is 15.0. The minimum Gasteiger partial charge on any atom is -0.369 e. The number of benzene rings is 1. The van der Waals surface area contributed by atoms with Crippen molar-refractivity contribution in [2.45, 2.75) is 6.92 Å². The minimum atomic E-state index is -0.532. The molecule has 1 aromatic carbocycles. The fourth-order valence-corrected chi connectivity index (χ4v) is 3.59. The van der Waals surface area contributed by atoms with Gasteiger partial charge in [0, 0.05) is 37.9 Å². The molecule has 1 saturated heterocycles. The summed E-state index contributed by atoms with van der Waals surface area (Å²) in [5, 5.41) is 10.6. The molecule has 1 aliphatic heterocycles. The topological polar surface area (TPSA) is 83.3 Å². The van der Waals surface area contributed by atoms with Crippen molar-refractivity contribution in [2.24, 2.45) is 0 Å². The van der Waals surface area contributed by atoms with E-state index in [1.54, 1.807) is 13.1 Å². The maximum absolute atomic E-state index is 15.0. The molecule has 5 rings (SSSR count). The Morgan fingerprint density at radius 3 is 2.72 bits per heavy atom. The lowest BCUT2D eigenvalue weighted by molar-refractivity contribution is 0.586. The van der Waals surface area contributed by atoms with Gasteiger partial charge in [-0.25, -0.2) is 28.2 Å². The monoisotopic (exact) mass is 396 g/mol. The van der Waals surface area contributed by atoms with E-state index in [9.17, 15) is 4.39 Å². The number of rotatable bonds is 3. The van der Waals surface area contributed by atoms with Gasteiger partial charge in [0.1, 0.15) is 23.8 Å². The van der Waals surface area contributed by atoms with Crippen LogP contribution in [0.5, 0.6) is 0 Å². The number of nitrogens with one attached hydrogen (secondary N) is 2. The number of piperazine rings is 1. The van der Waals surface area contributed by atoms with Crippen molar-refractivity contribution in [3.8, 4) is 0 Å². The molecule has 0 amide bonds. The van der Waals surface area contributed by atoms with Crippen molar-refractivity contribution < 1.29 is 8.78 Å². The van der Waals surface area contributed by atoms with Gasteiger partial charge < -0.3 is 15.5 Å². The van der Waals surface area contributed by atoms with Crippen LogP contribution in [0, 0.1) is 18.6 Å². The summed E-state index contributed by atoms with van der Waals surface area (Å²) in [6.07, 6.45) is 2.94. The molecule has 0 saturated carbocycles. The lowest BCUT2D eigenvalue weighted by atomic mass is 10.1. The number of hydrogen-bond acceptors (Lipinski definition) is 7. The minimum absolute atomic E-state index is 0.132. The second-order valence-corrected chi connectivity index (χ2v) is 6.91. The average molecular weight is 396 g/mol. The van der Waals surface area contributed by atoms with Crippen molar-refractivity contribution in [2.75, 3.05) is 36.4 Å². The highest BCUT2D eigenvalue weighted by atomic mass is 19.1. The summed E-state index contributed by atoms with van der Waals surface area (Å²) in [6, 6.07) is 4.62. The Morgan fingerprint density at radius 2 is 1.90 bits per heavy atom. The molecule has 29 heavy (non-hydrogen) atoms. The summed E-state index contributed by atoms with van der Waals surface area (Å²) in [4.78, 5) is 14.6. The lowest BCUT2D eigenvalue weighted by Gasteiger charge is -2.29. The van der Waals surface area contributed by atoms with Crippen LogP contribution in [-0.4, -0.2) is 50.7 Å². The van der Waals surface area contributed by atoms with Gasteiger partial charge in [0.25, 0.3) is 0 Å². The summed E-state index contributed by atoms with van der Waals surface area (Å²) in [5.41, 5.74) is 1.78. The van der Waals surface area contributed by atoms with Crippen LogP contribution in [0.3, 0.4) is 0 Å². The van der Waals surface area contributed by atoms with Gasteiger partial charge in [-0.05, 0) is 19.1 Å². The van der Waals surface area contributed by atoms with Crippen molar-refractivity contribution in [3.05, 3.63) is 48.2 Å². The van der Waals surface area contributed by atoms with Crippen LogP contribution < -0.4 is 15.5 Å². The number of halogens is 2. The highest BCUT2D eigenvalue weighted by Gasteiger charge is 2.17. The molecule has 0 atom stereocenters. The molecule has 0 aliphatic carbocycles. The Labute approximate surface area is 164 Å². The molecule has 0 radical (unpaired) electrons. The Morgan fingerprint density at radius 1 is 1.07 bits per heavy atom. The Balaban J connectivity index is 1.55. The Bertz CT molecular complexity index is 1220. The van der Waals surface area contributed by atoms with Crippen LogP contribution >= 0.6 is 0 Å². The molecule has 148 valence electrons. The summed E-state index contributed by atoms with van der Waals surface area (Å²) in [5.74, 6) is -0.248. The molecule has 0 bridgehead atoms. The fourth-order valence-electron chi connectivity index (χ4n) is 3.59. The first-order valence-electron chi connectivity index (χ1n) is 9.28. The van der Waals surface area contributed by atoms with Gasteiger partial charge in [0.15, 0.2) is 11.5 Å². The zero-order valence-corrected chi connectivity index (χ0v) is 15.7. The first-order chi connectivity index (χ1) is 14.1. The average Bonchev–Trinajstić information content (AvgIpc) is 3.09. The highest BCUT2D eigenvalue weighted by molar-refractivity contribution is 5.93. The molecule has 2 N–H and O–H groups in total. The normalized spacial score (nSPS) is 14.7. The van der Waals surface area contributed by atoms with Gasteiger partial charge in [-0.2, -0.15) is 5.10 Å².